The molecule has 0 unspecified atom stereocenters. The van der Waals surface area contributed by atoms with Crippen LogP contribution in [0.3, 0.4) is 0 Å². The lowest BCUT2D eigenvalue weighted by atomic mass is 10.3. The summed E-state index contributed by atoms with van der Waals surface area (Å²) in [5.41, 5.74) is 1.51. The molecule has 6 nitrogen and oxygen atoms in total. The molecule has 0 radical (unpaired) electrons. The van der Waals surface area contributed by atoms with Crippen molar-refractivity contribution in [3.05, 3.63) is 60.7 Å². The van der Waals surface area contributed by atoms with E-state index >= 15 is 0 Å². The fourth-order valence-electron chi connectivity index (χ4n) is 1.81. The highest BCUT2D eigenvalue weighted by molar-refractivity contribution is 5.91. The molecule has 1 amide bonds. The molecule has 0 saturated carbocycles. The Bertz CT molecular complexity index is 726. The number of amides is 1. The van der Waals surface area contributed by atoms with Crippen molar-refractivity contribution >= 4 is 11.6 Å². The van der Waals surface area contributed by atoms with E-state index in [1.807, 2.05) is 30.3 Å². The molecule has 2 aromatic heterocycles. The number of carbonyl (C=O) groups excluding carboxylic acids is 1. The number of para-hydroxylation sites is 1. The Labute approximate surface area is 120 Å². The van der Waals surface area contributed by atoms with Crippen molar-refractivity contribution in [2.45, 2.75) is 6.42 Å². The van der Waals surface area contributed by atoms with Crippen LogP contribution in [0.15, 0.2) is 59.4 Å². The summed E-state index contributed by atoms with van der Waals surface area (Å²) in [4.78, 5) is 20.0. The highest BCUT2D eigenvalue weighted by atomic mass is 16.5. The lowest BCUT2D eigenvalue weighted by Gasteiger charge is -2.01. The standard InChI is InChI=1S/C15H12N4O2/c20-14(17-12-4-2-1-3-5-12)10-13-18-15(21-19-13)11-6-8-16-9-7-11/h1-9H,10H2,(H,17,20). The lowest BCUT2D eigenvalue weighted by Crippen LogP contribution is -2.15. The molecule has 2 heterocycles. The third kappa shape index (κ3) is 3.30. The largest absolute Gasteiger partial charge is 0.334 e. The topological polar surface area (TPSA) is 80.9 Å². The van der Waals surface area contributed by atoms with Gasteiger partial charge in [-0.2, -0.15) is 4.98 Å². The van der Waals surface area contributed by atoms with Crippen molar-refractivity contribution < 1.29 is 9.32 Å². The van der Waals surface area contributed by atoms with Gasteiger partial charge in [-0.05, 0) is 24.3 Å². The Kier molecular flexibility index (Phi) is 3.68. The predicted molar refractivity (Wildman–Crippen MR) is 76.3 cm³/mol. The first-order valence-corrected chi connectivity index (χ1v) is 6.39. The summed E-state index contributed by atoms with van der Waals surface area (Å²) in [5, 5.41) is 6.58. The van der Waals surface area contributed by atoms with Gasteiger partial charge in [-0.3, -0.25) is 9.78 Å². The Morgan fingerprint density at radius 2 is 1.86 bits per heavy atom. The van der Waals surface area contributed by atoms with Crippen LogP contribution in [0.2, 0.25) is 0 Å². The van der Waals surface area contributed by atoms with Gasteiger partial charge in [-0.1, -0.05) is 23.4 Å². The van der Waals surface area contributed by atoms with Gasteiger partial charge in [0.05, 0.1) is 6.42 Å². The minimum absolute atomic E-state index is 0.0590. The van der Waals surface area contributed by atoms with E-state index in [2.05, 4.69) is 20.4 Å². The number of aromatic nitrogens is 3. The number of hydrogen-bond acceptors (Lipinski definition) is 5. The number of pyridine rings is 1. The highest BCUT2D eigenvalue weighted by Gasteiger charge is 2.12. The molecule has 0 atom stereocenters. The number of hydrogen-bond donors (Lipinski definition) is 1. The summed E-state index contributed by atoms with van der Waals surface area (Å²) in [5.74, 6) is 0.526. The van der Waals surface area contributed by atoms with Crippen molar-refractivity contribution in [3.63, 3.8) is 0 Å². The van der Waals surface area contributed by atoms with Crippen LogP contribution in [0.1, 0.15) is 5.82 Å². The van der Waals surface area contributed by atoms with Gasteiger partial charge in [0.2, 0.25) is 5.91 Å². The molecule has 3 rings (SSSR count). The van der Waals surface area contributed by atoms with E-state index in [9.17, 15) is 4.79 Å². The summed E-state index contributed by atoms with van der Waals surface area (Å²) in [7, 11) is 0. The van der Waals surface area contributed by atoms with E-state index in [4.69, 9.17) is 4.52 Å². The zero-order valence-electron chi connectivity index (χ0n) is 11.1. The van der Waals surface area contributed by atoms with Gasteiger partial charge in [0.1, 0.15) is 0 Å². The first kappa shape index (κ1) is 13.0. The summed E-state index contributed by atoms with van der Waals surface area (Å²) < 4.78 is 5.13. The number of nitrogens with one attached hydrogen (secondary N) is 1. The van der Waals surface area contributed by atoms with Crippen LogP contribution in [0.25, 0.3) is 11.5 Å². The third-order valence-electron chi connectivity index (χ3n) is 2.77. The zero-order valence-corrected chi connectivity index (χ0v) is 11.1. The van der Waals surface area contributed by atoms with Crippen LogP contribution in [-0.2, 0) is 11.2 Å². The van der Waals surface area contributed by atoms with Crippen molar-refractivity contribution in [1.82, 2.24) is 15.1 Å². The fourth-order valence-corrected chi connectivity index (χ4v) is 1.81. The maximum absolute atomic E-state index is 11.9. The molecule has 1 aromatic carbocycles. The molecular formula is C15H12N4O2. The molecule has 0 aliphatic carbocycles. The Morgan fingerprint density at radius 3 is 2.62 bits per heavy atom. The quantitative estimate of drug-likeness (QED) is 0.793. The third-order valence-corrected chi connectivity index (χ3v) is 2.77. The average Bonchev–Trinajstić information content (AvgIpc) is 2.97. The van der Waals surface area contributed by atoms with Crippen molar-refractivity contribution in [3.8, 4) is 11.5 Å². The maximum Gasteiger partial charge on any atom is 0.258 e. The van der Waals surface area contributed by atoms with Crippen molar-refractivity contribution in [2.75, 3.05) is 5.32 Å². The summed E-state index contributed by atoms with van der Waals surface area (Å²) >= 11 is 0. The van der Waals surface area contributed by atoms with E-state index in [0.717, 1.165) is 11.3 Å². The maximum atomic E-state index is 11.9. The van der Waals surface area contributed by atoms with Gasteiger partial charge in [0.25, 0.3) is 5.89 Å². The number of anilines is 1. The van der Waals surface area contributed by atoms with E-state index in [-0.39, 0.29) is 12.3 Å². The fraction of sp³-hybridized carbons (Fsp3) is 0.0667. The first-order chi connectivity index (χ1) is 10.3. The van der Waals surface area contributed by atoms with Crippen LogP contribution in [0, 0.1) is 0 Å². The monoisotopic (exact) mass is 280 g/mol. The molecule has 0 aliphatic rings. The van der Waals surface area contributed by atoms with Crippen LogP contribution in [0.5, 0.6) is 0 Å². The summed E-state index contributed by atoms with van der Waals surface area (Å²) in [6, 6.07) is 12.8. The molecule has 104 valence electrons. The Balaban J connectivity index is 1.66. The van der Waals surface area contributed by atoms with Crippen LogP contribution in [0.4, 0.5) is 5.69 Å². The van der Waals surface area contributed by atoms with Crippen LogP contribution >= 0.6 is 0 Å². The SMILES string of the molecule is O=C(Cc1noc(-c2ccncc2)n1)Nc1ccccc1. The van der Waals surface area contributed by atoms with Crippen molar-refractivity contribution in [1.29, 1.82) is 0 Å². The average molecular weight is 280 g/mol. The van der Waals surface area contributed by atoms with Crippen LogP contribution in [-0.4, -0.2) is 21.0 Å². The highest BCUT2D eigenvalue weighted by Crippen LogP contribution is 2.15. The second-order valence-corrected chi connectivity index (χ2v) is 4.34. The Hall–Kier alpha value is -3.02. The summed E-state index contributed by atoms with van der Waals surface area (Å²) in [6.07, 6.45) is 3.34. The molecule has 0 aliphatic heterocycles. The Morgan fingerprint density at radius 1 is 1.10 bits per heavy atom. The molecule has 21 heavy (non-hydrogen) atoms. The van der Waals surface area contributed by atoms with E-state index < -0.39 is 0 Å². The van der Waals surface area contributed by atoms with Crippen molar-refractivity contribution in [2.24, 2.45) is 0 Å². The van der Waals surface area contributed by atoms with Gasteiger partial charge in [-0.15, -0.1) is 0 Å². The lowest BCUT2D eigenvalue weighted by molar-refractivity contribution is -0.115. The number of rotatable bonds is 4. The minimum Gasteiger partial charge on any atom is -0.334 e. The molecule has 0 fully saturated rings. The van der Waals surface area contributed by atoms with E-state index in [1.165, 1.54) is 0 Å². The second-order valence-electron chi connectivity index (χ2n) is 4.34. The van der Waals surface area contributed by atoms with Gasteiger partial charge < -0.3 is 9.84 Å². The number of nitrogens with zero attached hydrogens (tertiary/aromatic N) is 3. The first-order valence-electron chi connectivity index (χ1n) is 6.39. The number of carbonyl (C=O) groups is 1. The smallest absolute Gasteiger partial charge is 0.258 e. The molecule has 3 aromatic rings. The molecule has 0 spiro atoms. The number of benzene rings is 1. The van der Waals surface area contributed by atoms with Crippen LogP contribution < -0.4 is 5.32 Å². The van der Waals surface area contributed by atoms with E-state index in [0.29, 0.717) is 11.7 Å². The molecular weight excluding hydrogens is 268 g/mol. The van der Waals surface area contributed by atoms with E-state index in [1.54, 1.807) is 24.5 Å². The predicted octanol–water partition coefficient (Wildman–Crippen LogP) is 2.31. The van der Waals surface area contributed by atoms with Gasteiger partial charge >= 0.3 is 0 Å². The summed E-state index contributed by atoms with van der Waals surface area (Å²) in [6.45, 7) is 0. The zero-order chi connectivity index (χ0) is 14.5. The second kappa shape index (κ2) is 5.96. The molecule has 6 heteroatoms. The minimum atomic E-state index is -0.191. The van der Waals surface area contributed by atoms with Gasteiger partial charge in [0, 0.05) is 23.6 Å². The van der Waals surface area contributed by atoms with Gasteiger partial charge in [0.15, 0.2) is 5.82 Å². The molecule has 0 bridgehead atoms. The molecule has 0 saturated heterocycles. The molecule has 1 N–H and O–H groups in total. The van der Waals surface area contributed by atoms with Gasteiger partial charge in [-0.25, -0.2) is 0 Å². The normalized spacial score (nSPS) is 10.3.